The summed E-state index contributed by atoms with van der Waals surface area (Å²) in [5.41, 5.74) is -0.0535. The Kier molecular flexibility index (Phi) is 5.57. The van der Waals surface area contributed by atoms with Gasteiger partial charge in [0.05, 0.1) is 16.4 Å². The van der Waals surface area contributed by atoms with Gasteiger partial charge >= 0.3 is 0 Å². The number of anilines is 1. The molecule has 1 aromatic carbocycles. The first-order valence-corrected chi connectivity index (χ1v) is 8.23. The van der Waals surface area contributed by atoms with Crippen molar-refractivity contribution in [3.8, 4) is 0 Å². The van der Waals surface area contributed by atoms with Crippen LogP contribution in [-0.2, 0) is 10.0 Å². The van der Waals surface area contributed by atoms with Crippen molar-refractivity contribution in [2.45, 2.75) is 6.92 Å². The Morgan fingerprint density at radius 3 is 2.68 bits per heavy atom. The van der Waals surface area contributed by atoms with E-state index in [4.69, 9.17) is 11.6 Å². The van der Waals surface area contributed by atoms with Crippen LogP contribution in [0.2, 0.25) is 0 Å². The Morgan fingerprint density at radius 1 is 1.53 bits per heavy atom. The molecular weight excluding hydrogens is 360 g/mol. The van der Waals surface area contributed by atoms with Gasteiger partial charge in [-0.25, -0.2) is 8.42 Å². The Labute approximate surface area is 124 Å². The minimum atomic E-state index is -3.60. The first-order chi connectivity index (χ1) is 8.75. The number of alkyl halides is 1. The standard InChI is InChI=1S/C10H12BrClN2O4S/c1-7(5-12)6-19(17,18)13-10-4-8(14(15)16)2-3-9(10)11/h2-4,7,13H,5-6H2,1H3. The van der Waals surface area contributed by atoms with Crippen molar-refractivity contribution in [3.05, 3.63) is 32.8 Å². The monoisotopic (exact) mass is 370 g/mol. The molecule has 0 saturated carbocycles. The molecule has 0 saturated heterocycles. The second-order valence-electron chi connectivity index (χ2n) is 4.06. The van der Waals surface area contributed by atoms with E-state index in [0.717, 1.165) is 6.07 Å². The van der Waals surface area contributed by atoms with Crippen LogP contribution in [-0.4, -0.2) is 25.0 Å². The van der Waals surface area contributed by atoms with Crippen LogP contribution in [0, 0.1) is 16.0 Å². The molecule has 106 valence electrons. The zero-order chi connectivity index (χ0) is 14.6. The summed E-state index contributed by atoms with van der Waals surface area (Å²) in [5.74, 6) is -0.139. The van der Waals surface area contributed by atoms with Gasteiger partial charge in [-0.2, -0.15) is 0 Å². The van der Waals surface area contributed by atoms with Crippen LogP contribution in [0.4, 0.5) is 11.4 Å². The second kappa shape index (κ2) is 6.53. The average molecular weight is 372 g/mol. The van der Waals surface area contributed by atoms with Gasteiger partial charge in [-0.15, -0.1) is 11.6 Å². The van der Waals surface area contributed by atoms with E-state index in [1.165, 1.54) is 12.1 Å². The maximum absolute atomic E-state index is 11.8. The molecule has 0 radical (unpaired) electrons. The molecule has 0 aromatic heterocycles. The molecule has 0 amide bonds. The van der Waals surface area contributed by atoms with Crippen LogP contribution in [0.5, 0.6) is 0 Å². The highest BCUT2D eigenvalue weighted by atomic mass is 79.9. The quantitative estimate of drug-likeness (QED) is 0.473. The van der Waals surface area contributed by atoms with Crippen molar-refractivity contribution in [2.75, 3.05) is 16.4 Å². The van der Waals surface area contributed by atoms with Gasteiger partial charge in [0.1, 0.15) is 0 Å². The molecule has 6 nitrogen and oxygen atoms in total. The van der Waals surface area contributed by atoms with Crippen molar-refractivity contribution in [3.63, 3.8) is 0 Å². The predicted molar refractivity (Wildman–Crippen MR) is 78.1 cm³/mol. The third kappa shape index (κ3) is 4.96. The van der Waals surface area contributed by atoms with E-state index >= 15 is 0 Å². The molecule has 0 heterocycles. The van der Waals surface area contributed by atoms with Gasteiger partial charge < -0.3 is 0 Å². The van der Waals surface area contributed by atoms with E-state index in [0.29, 0.717) is 4.47 Å². The molecule has 1 atom stereocenters. The largest absolute Gasteiger partial charge is 0.282 e. The summed E-state index contributed by atoms with van der Waals surface area (Å²) in [6.07, 6.45) is 0. The van der Waals surface area contributed by atoms with E-state index < -0.39 is 14.9 Å². The number of nitro benzene ring substituents is 1. The van der Waals surface area contributed by atoms with Crippen molar-refractivity contribution in [2.24, 2.45) is 5.92 Å². The van der Waals surface area contributed by atoms with Gasteiger partial charge in [-0.05, 0) is 27.9 Å². The zero-order valence-corrected chi connectivity index (χ0v) is 13.1. The molecule has 9 heteroatoms. The van der Waals surface area contributed by atoms with Crippen LogP contribution in [0.3, 0.4) is 0 Å². The Hall–Kier alpha value is -0.860. The van der Waals surface area contributed by atoms with Crippen molar-refractivity contribution in [1.82, 2.24) is 0 Å². The van der Waals surface area contributed by atoms with Gasteiger partial charge in [-0.1, -0.05) is 6.92 Å². The van der Waals surface area contributed by atoms with Crippen molar-refractivity contribution >= 4 is 48.9 Å². The maximum Gasteiger partial charge on any atom is 0.271 e. The predicted octanol–water partition coefficient (Wildman–Crippen LogP) is 2.97. The zero-order valence-electron chi connectivity index (χ0n) is 9.97. The lowest BCUT2D eigenvalue weighted by atomic mass is 10.3. The van der Waals surface area contributed by atoms with Crippen LogP contribution in [0.1, 0.15) is 6.92 Å². The number of rotatable bonds is 6. The maximum atomic E-state index is 11.8. The third-order valence-electron chi connectivity index (χ3n) is 2.19. The number of nitro groups is 1. The molecule has 0 spiro atoms. The smallest absolute Gasteiger partial charge is 0.271 e. The number of nitrogens with one attached hydrogen (secondary N) is 1. The lowest BCUT2D eigenvalue weighted by Crippen LogP contribution is -2.22. The average Bonchev–Trinajstić information content (AvgIpc) is 2.30. The number of hydrogen-bond donors (Lipinski definition) is 1. The number of benzene rings is 1. The molecule has 1 N–H and O–H groups in total. The summed E-state index contributed by atoms with van der Waals surface area (Å²) in [5, 5.41) is 10.6. The van der Waals surface area contributed by atoms with Crippen LogP contribution < -0.4 is 4.72 Å². The van der Waals surface area contributed by atoms with E-state index in [1.54, 1.807) is 6.92 Å². The summed E-state index contributed by atoms with van der Waals surface area (Å²) in [7, 11) is -3.60. The first kappa shape index (κ1) is 16.2. The van der Waals surface area contributed by atoms with E-state index in [2.05, 4.69) is 20.7 Å². The van der Waals surface area contributed by atoms with Gasteiger partial charge in [-0.3, -0.25) is 14.8 Å². The fourth-order valence-corrected chi connectivity index (χ4v) is 3.50. The van der Waals surface area contributed by atoms with Crippen LogP contribution >= 0.6 is 27.5 Å². The fourth-order valence-electron chi connectivity index (χ4n) is 1.33. The molecule has 0 bridgehead atoms. The SMILES string of the molecule is CC(CCl)CS(=O)(=O)Nc1cc([N+](=O)[O-])ccc1Br. The molecule has 0 aliphatic heterocycles. The van der Waals surface area contributed by atoms with Crippen LogP contribution in [0.25, 0.3) is 0 Å². The Bertz CT molecular complexity index is 579. The molecule has 19 heavy (non-hydrogen) atoms. The van der Waals surface area contributed by atoms with E-state index in [9.17, 15) is 18.5 Å². The highest BCUT2D eigenvalue weighted by Gasteiger charge is 2.18. The summed E-state index contributed by atoms with van der Waals surface area (Å²) in [4.78, 5) is 10.1. The highest BCUT2D eigenvalue weighted by Crippen LogP contribution is 2.28. The highest BCUT2D eigenvalue weighted by molar-refractivity contribution is 9.10. The lowest BCUT2D eigenvalue weighted by Gasteiger charge is -2.12. The van der Waals surface area contributed by atoms with E-state index in [1.807, 2.05) is 0 Å². The number of sulfonamides is 1. The van der Waals surface area contributed by atoms with Gasteiger partial charge in [0, 0.05) is 22.5 Å². The van der Waals surface area contributed by atoms with Gasteiger partial charge in [0.25, 0.3) is 5.69 Å². The fraction of sp³-hybridized carbons (Fsp3) is 0.400. The number of hydrogen-bond acceptors (Lipinski definition) is 4. The van der Waals surface area contributed by atoms with Gasteiger partial charge in [0.15, 0.2) is 0 Å². The molecule has 1 rings (SSSR count). The summed E-state index contributed by atoms with van der Waals surface area (Å²) in [6, 6.07) is 3.86. The third-order valence-corrected chi connectivity index (χ3v) is 4.95. The first-order valence-electron chi connectivity index (χ1n) is 5.25. The summed E-state index contributed by atoms with van der Waals surface area (Å²) >= 11 is 8.71. The van der Waals surface area contributed by atoms with Crippen molar-refractivity contribution in [1.29, 1.82) is 0 Å². The molecule has 0 fully saturated rings. The Morgan fingerprint density at radius 2 is 2.16 bits per heavy atom. The minimum Gasteiger partial charge on any atom is -0.282 e. The number of halogens is 2. The topological polar surface area (TPSA) is 89.3 Å². The summed E-state index contributed by atoms with van der Waals surface area (Å²) in [6.45, 7) is 1.70. The number of non-ortho nitro benzene ring substituents is 1. The molecule has 1 unspecified atom stereocenters. The van der Waals surface area contributed by atoms with Crippen molar-refractivity contribution < 1.29 is 13.3 Å². The normalized spacial score (nSPS) is 13.0. The number of nitrogens with zero attached hydrogens (tertiary/aromatic N) is 1. The van der Waals surface area contributed by atoms with Gasteiger partial charge in [0.2, 0.25) is 10.0 Å². The minimum absolute atomic E-state index is 0.135. The lowest BCUT2D eigenvalue weighted by molar-refractivity contribution is -0.384. The van der Waals surface area contributed by atoms with E-state index in [-0.39, 0.29) is 28.9 Å². The Balaban J connectivity index is 2.98. The van der Waals surface area contributed by atoms with Crippen LogP contribution in [0.15, 0.2) is 22.7 Å². The summed E-state index contributed by atoms with van der Waals surface area (Å²) < 4.78 is 26.4. The molecule has 0 aliphatic carbocycles. The molecular formula is C10H12BrClN2O4S. The second-order valence-corrected chi connectivity index (χ2v) is 6.99. The molecule has 1 aromatic rings. The molecule has 0 aliphatic rings.